The summed E-state index contributed by atoms with van der Waals surface area (Å²) in [6.07, 6.45) is 7.50. The largest absolute Gasteiger partial charge is 0.347 e. The Balaban J connectivity index is 1.87. The summed E-state index contributed by atoms with van der Waals surface area (Å²) < 4.78 is 0. The molecule has 13 heteroatoms. The molecule has 5 amide bonds. The summed E-state index contributed by atoms with van der Waals surface area (Å²) in [4.78, 5) is 91.2. The Morgan fingerprint density at radius 1 is 0.878 bits per heavy atom. The number of nitrogens with zero attached hydrogens (tertiary/aromatic N) is 3. The summed E-state index contributed by atoms with van der Waals surface area (Å²) in [6, 6.07) is -4.18. The van der Waals surface area contributed by atoms with Gasteiger partial charge in [-0.1, -0.05) is 75.2 Å². The summed E-state index contributed by atoms with van der Waals surface area (Å²) in [5.41, 5.74) is -1.45. The maximum absolute atomic E-state index is 14.5. The number of fused-ring (bicyclic) bond motifs is 1. The average molecular weight is 684 g/mol. The molecule has 0 bridgehead atoms. The maximum atomic E-state index is 14.5. The molecule has 7 atom stereocenters. The van der Waals surface area contributed by atoms with Gasteiger partial charge in [-0.05, 0) is 54.8 Å². The van der Waals surface area contributed by atoms with Crippen LogP contribution in [0.3, 0.4) is 0 Å². The van der Waals surface area contributed by atoms with Crippen LogP contribution in [-0.4, -0.2) is 86.9 Å². The Kier molecular flexibility index (Phi) is 13.1. The molecule has 13 nitrogen and oxygen atoms in total. The van der Waals surface area contributed by atoms with Crippen molar-refractivity contribution in [2.75, 3.05) is 6.54 Å². The van der Waals surface area contributed by atoms with Gasteiger partial charge in [-0.2, -0.15) is 0 Å². The van der Waals surface area contributed by atoms with Gasteiger partial charge in [0.25, 0.3) is 11.8 Å². The number of hydrogen-bond donors (Lipinski definition) is 4. The lowest BCUT2D eigenvalue weighted by Gasteiger charge is -2.38. The molecule has 1 aliphatic heterocycles. The average Bonchev–Trinajstić information content (AvgIpc) is 3.62. The van der Waals surface area contributed by atoms with Crippen LogP contribution >= 0.6 is 0 Å². The minimum absolute atomic E-state index is 0.0530. The van der Waals surface area contributed by atoms with Crippen LogP contribution in [0.25, 0.3) is 0 Å². The van der Waals surface area contributed by atoms with Crippen LogP contribution in [-0.2, 0) is 24.0 Å². The van der Waals surface area contributed by atoms with Crippen LogP contribution < -0.4 is 21.3 Å². The van der Waals surface area contributed by atoms with E-state index in [0.717, 1.165) is 19.3 Å². The SMILES string of the molecule is CCC[C@H](NC(=O)[C@@H]1[C@H]2CCC[C@H]2CN1C(=O)[C@@H](NC(=O)[C@@H](NC(=O)c1cnccn1)C(C)(C)C)C(C)(C)C)C(=O)C(=O)N[C@@H](C)C(C)C. The van der Waals surface area contributed by atoms with Gasteiger partial charge in [0.15, 0.2) is 0 Å². The van der Waals surface area contributed by atoms with Crippen LogP contribution in [0.15, 0.2) is 18.6 Å². The summed E-state index contributed by atoms with van der Waals surface area (Å²) >= 11 is 0. The van der Waals surface area contributed by atoms with Crippen molar-refractivity contribution in [3.05, 3.63) is 24.3 Å². The number of aromatic nitrogens is 2. The van der Waals surface area contributed by atoms with E-state index in [1.54, 1.807) is 4.90 Å². The molecule has 2 fully saturated rings. The number of nitrogens with one attached hydrogen (secondary N) is 4. The fourth-order valence-corrected chi connectivity index (χ4v) is 6.62. The van der Waals surface area contributed by atoms with Crippen molar-refractivity contribution >= 4 is 35.3 Å². The first-order chi connectivity index (χ1) is 22.8. The van der Waals surface area contributed by atoms with Gasteiger partial charge >= 0.3 is 0 Å². The predicted octanol–water partition coefficient (Wildman–Crippen LogP) is 2.79. The summed E-state index contributed by atoms with van der Waals surface area (Å²) in [7, 11) is 0. The Hall–Kier alpha value is -3.90. The van der Waals surface area contributed by atoms with Gasteiger partial charge < -0.3 is 26.2 Å². The number of likely N-dealkylation sites (tertiary alicyclic amines) is 1. The molecule has 3 rings (SSSR count). The Morgan fingerprint density at radius 2 is 1.53 bits per heavy atom. The topological polar surface area (TPSA) is 180 Å². The van der Waals surface area contributed by atoms with Gasteiger partial charge in [-0.25, -0.2) is 4.98 Å². The van der Waals surface area contributed by atoms with Gasteiger partial charge in [0.1, 0.15) is 23.8 Å². The number of ketones is 1. The van der Waals surface area contributed by atoms with Crippen molar-refractivity contribution < 1.29 is 28.8 Å². The molecule has 49 heavy (non-hydrogen) atoms. The first-order valence-corrected chi connectivity index (χ1v) is 17.6. The van der Waals surface area contributed by atoms with Crippen molar-refractivity contribution in [3.8, 4) is 0 Å². The van der Waals surface area contributed by atoms with Gasteiger partial charge in [-0.3, -0.25) is 33.8 Å². The standard InChI is InChI=1S/C36H57N7O6/c1-11-13-24(27(44)32(47)39-21(4)20(2)3)40-31(46)26-23-15-12-14-22(23)19-43(26)34(49)29(36(8,9)10)42-33(48)28(35(5,6)7)41-30(45)25-18-37-16-17-38-25/h16-18,20-24,26,28-29H,11-15,19H2,1-10H3,(H,39,47)(H,40,46)(H,41,45)(H,42,48)/t21-,22-,23-,24-,26-,28+,29+/m0/s1. The molecule has 1 saturated carbocycles. The first-order valence-electron chi connectivity index (χ1n) is 17.6. The van der Waals surface area contributed by atoms with E-state index in [9.17, 15) is 28.8 Å². The highest BCUT2D eigenvalue weighted by atomic mass is 16.2. The molecular formula is C36H57N7O6. The van der Waals surface area contributed by atoms with E-state index in [0.29, 0.717) is 13.0 Å². The molecular weight excluding hydrogens is 626 g/mol. The number of hydrogen-bond acceptors (Lipinski definition) is 8. The molecule has 1 aliphatic carbocycles. The van der Waals surface area contributed by atoms with Crippen molar-refractivity contribution in [1.29, 1.82) is 0 Å². The van der Waals surface area contributed by atoms with E-state index in [2.05, 4.69) is 31.2 Å². The molecule has 0 radical (unpaired) electrons. The Morgan fingerprint density at radius 3 is 2.08 bits per heavy atom. The van der Waals surface area contributed by atoms with E-state index in [4.69, 9.17) is 0 Å². The zero-order chi connectivity index (χ0) is 36.8. The monoisotopic (exact) mass is 683 g/mol. The van der Waals surface area contributed by atoms with E-state index in [-0.39, 0.29) is 35.9 Å². The van der Waals surface area contributed by atoms with E-state index in [1.807, 2.05) is 69.2 Å². The summed E-state index contributed by atoms with van der Waals surface area (Å²) in [6.45, 7) is 18.8. The smallest absolute Gasteiger partial charge is 0.289 e. The molecule has 4 N–H and O–H groups in total. The molecule has 272 valence electrons. The second-order valence-electron chi connectivity index (χ2n) is 16.2. The Labute approximate surface area is 290 Å². The van der Waals surface area contributed by atoms with Crippen LogP contribution in [0.1, 0.15) is 112 Å². The van der Waals surface area contributed by atoms with Gasteiger partial charge in [0.2, 0.25) is 23.5 Å². The van der Waals surface area contributed by atoms with E-state index in [1.165, 1.54) is 18.6 Å². The van der Waals surface area contributed by atoms with Crippen LogP contribution in [0.4, 0.5) is 0 Å². The van der Waals surface area contributed by atoms with E-state index < -0.39 is 70.3 Å². The minimum atomic E-state index is -1.04. The minimum Gasteiger partial charge on any atom is -0.347 e. The van der Waals surface area contributed by atoms with Crippen LogP contribution in [0.2, 0.25) is 0 Å². The zero-order valence-electron chi connectivity index (χ0n) is 30.9. The highest BCUT2D eigenvalue weighted by molar-refractivity contribution is 6.38. The summed E-state index contributed by atoms with van der Waals surface area (Å²) in [5, 5.41) is 11.3. The molecule has 1 saturated heterocycles. The fraction of sp³-hybridized carbons (Fsp3) is 0.722. The molecule has 0 aromatic carbocycles. The number of Topliss-reactive ketones (excluding diaryl/α,β-unsaturated/α-hetero) is 1. The highest BCUT2D eigenvalue weighted by Gasteiger charge is 2.52. The van der Waals surface area contributed by atoms with E-state index >= 15 is 0 Å². The van der Waals surface area contributed by atoms with Crippen molar-refractivity contribution in [2.24, 2.45) is 28.6 Å². The molecule has 1 aromatic heterocycles. The second-order valence-corrected chi connectivity index (χ2v) is 16.2. The number of amides is 5. The van der Waals surface area contributed by atoms with Crippen LogP contribution in [0, 0.1) is 28.6 Å². The quantitative estimate of drug-likeness (QED) is 0.229. The molecule has 2 heterocycles. The fourth-order valence-electron chi connectivity index (χ4n) is 6.62. The lowest BCUT2D eigenvalue weighted by molar-refractivity contribution is -0.146. The lowest BCUT2D eigenvalue weighted by Crippen LogP contribution is -2.63. The second kappa shape index (κ2) is 16.2. The van der Waals surface area contributed by atoms with Gasteiger partial charge in [0.05, 0.1) is 12.2 Å². The Bertz CT molecular complexity index is 1370. The molecule has 0 unspecified atom stereocenters. The molecule has 2 aliphatic rings. The number of carbonyl (C=O) groups is 6. The maximum Gasteiger partial charge on any atom is 0.289 e. The molecule has 0 spiro atoms. The zero-order valence-corrected chi connectivity index (χ0v) is 30.9. The summed E-state index contributed by atoms with van der Waals surface area (Å²) in [5.74, 6) is -3.35. The predicted molar refractivity (Wildman–Crippen MR) is 185 cm³/mol. The van der Waals surface area contributed by atoms with Crippen molar-refractivity contribution in [3.63, 3.8) is 0 Å². The third-order valence-electron chi connectivity index (χ3n) is 9.83. The van der Waals surface area contributed by atoms with Crippen LogP contribution in [0.5, 0.6) is 0 Å². The third kappa shape index (κ3) is 9.85. The van der Waals surface area contributed by atoms with Crippen molar-refractivity contribution in [1.82, 2.24) is 36.1 Å². The normalized spacial score (nSPS) is 21.6. The molecule has 1 aromatic rings. The number of carbonyl (C=O) groups excluding carboxylic acids is 6. The third-order valence-corrected chi connectivity index (χ3v) is 9.83. The first kappa shape index (κ1) is 39.5. The lowest BCUT2D eigenvalue weighted by atomic mass is 9.82. The van der Waals surface area contributed by atoms with Gasteiger partial charge in [0, 0.05) is 25.0 Å². The van der Waals surface area contributed by atoms with Crippen molar-refractivity contribution in [2.45, 2.75) is 132 Å². The highest BCUT2D eigenvalue weighted by Crippen LogP contribution is 2.43. The number of rotatable bonds is 13. The van der Waals surface area contributed by atoms with Gasteiger partial charge in [-0.15, -0.1) is 0 Å².